The number of nitrogens with zero attached hydrogens (tertiary/aromatic N) is 1. The second-order valence-electron chi connectivity index (χ2n) is 7.57. The Bertz CT molecular complexity index is 1260. The van der Waals surface area contributed by atoms with Crippen molar-refractivity contribution in [1.82, 2.24) is 0 Å². The van der Waals surface area contributed by atoms with Crippen molar-refractivity contribution in [2.75, 3.05) is 25.1 Å². The molecule has 1 heterocycles. The summed E-state index contributed by atoms with van der Waals surface area (Å²) in [6.07, 6.45) is 0. The van der Waals surface area contributed by atoms with Gasteiger partial charge < -0.3 is 30.0 Å². The Morgan fingerprint density at radius 3 is 2.56 bits per heavy atom. The standard InChI is InChI=1S/C26H26ClN3O6/c1-4-33-21-12-16(24-17(13-28)25(29)36-15(3)23(24)26(32)34-5-2)10-11-20(21)35-14-22(31)30-19-9-7-6-8-18(19)27/h6-12,24H,4-5,14,29H2,1-3H3,(H,30,31). The lowest BCUT2D eigenvalue weighted by Crippen LogP contribution is -2.25. The molecular weight excluding hydrogens is 486 g/mol. The predicted octanol–water partition coefficient (Wildman–Crippen LogP) is 4.40. The van der Waals surface area contributed by atoms with Crippen molar-refractivity contribution in [3.63, 3.8) is 0 Å². The van der Waals surface area contributed by atoms with E-state index in [0.29, 0.717) is 34.4 Å². The first kappa shape index (κ1) is 26.4. The van der Waals surface area contributed by atoms with Crippen LogP contribution in [0.4, 0.5) is 5.69 Å². The van der Waals surface area contributed by atoms with Crippen LogP contribution in [0.5, 0.6) is 11.5 Å². The predicted molar refractivity (Wildman–Crippen MR) is 133 cm³/mol. The van der Waals surface area contributed by atoms with E-state index in [2.05, 4.69) is 5.32 Å². The molecule has 0 spiro atoms. The Balaban J connectivity index is 1.90. The van der Waals surface area contributed by atoms with E-state index in [1.54, 1.807) is 63.2 Å². The van der Waals surface area contributed by atoms with Gasteiger partial charge in [0.05, 0.1) is 35.4 Å². The van der Waals surface area contributed by atoms with Crippen LogP contribution in [0.25, 0.3) is 0 Å². The van der Waals surface area contributed by atoms with Crippen LogP contribution in [0.2, 0.25) is 5.02 Å². The zero-order valence-corrected chi connectivity index (χ0v) is 20.8. The smallest absolute Gasteiger partial charge is 0.338 e. The van der Waals surface area contributed by atoms with Gasteiger partial charge in [0.25, 0.3) is 5.91 Å². The number of halogens is 1. The van der Waals surface area contributed by atoms with Gasteiger partial charge in [0.15, 0.2) is 18.1 Å². The number of carbonyl (C=O) groups is 2. The monoisotopic (exact) mass is 511 g/mol. The van der Waals surface area contributed by atoms with Gasteiger partial charge in [0.1, 0.15) is 17.4 Å². The molecule has 0 bridgehead atoms. The lowest BCUT2D eigenvalue weighted by atomic mass is 9.83. The Kier molecular flexibility index (Phi) is 8.81. The average Bonchev–Trinajstić information content (AvgIpc) is 2.84. The third-order valence-corrected chi connectivity index (χ3v) is 5.54. The maximum atomic E-state index is 12.7. The molecule has 0 saturated carbocycles. The van der Waals surface area contributed by atoms with Gasteiger partial charge in [-0.25, -0.2) is 4.79 Å². The van der Waals surface area contributed by atoms with Crippen LogP contribution in [0.1, 0.15) is 32.3 Å². The molecule has 1 atom stereocenters. The highest BCUT2D eigenvalue weighted by molar-refractivity contribution is 6.33. The first-order chi connectivity index (χ1) is 17.3. The minimum Gasteiger partial charge on any atom is -0.490 e. The Hall–Kier alpha value is -4.16. The number of hydrogen-bond donors (Lipinski definition) is 2. The number of ether oxygens (including phenoxy) is 4. The molecule has 1 amide bonds. The lowest BCUT2D eigenvalue weighted by Gasteiger charge is -2.27. The summed E-state index contributed by atoms with van der Waals surface area (Å²) in [5.74, 6) is -1.09. The van der Waals surface area contributed by atoms with Crippen molar-refractivity contribution in [3.05, 3.63) is 75.8 Å². The fourth-order valence-electron chi connectivity index (χ4n) is 3.67. The fourth-order valence-corrected chi connectivity index (χ4v) is 3.86. The number of esters is 1. The van der Waals surface area contributed by atoms with Crippen LogP contribution in [-0.2, 0) is 19.1 Å². The van der Waals surface area contributed by atoms with E-state index in [-0.39, 0.29) is 36.0 Å². The van der Waals surface area contributed by atoms with Crippen molar-refractivity contribution >= 4 is 29.2 Å². The summed E-state index contributed by atoms with van der Waals surface area (Å²) in [7, 11) is 0. The van der Waals surface area contributed by atoms with E-state index in [1.165, 1.54) is 0 Å². The van der Waals surface area contributed by atoms with Crippen molar-refractivity contribution in [3.8, 4) is 17.6 Å². The zero-order chi connectivity index (χ0) is 26.2. The second kappa shape index (κ2) is 12.0. The summed E-state index contributed by atoms with van der Waals surface area (Å²) in [5, 5.41) is 12.9. The van der Waals surface area contributed by atoms with Crippen LogP contribution in [0.15, 0.2) is 65.3 Å². The SMILES string of the molecule is CCOC(=O)C1=C(C)OC(N)=C(C#N)C1c1ccc(OCC(=O)Nc2ccccc2Cl)c(OCC)c1. The third-order valence-electron chi connectivity index (χ3n) is 5.21. The van der Waals surface area contributed by atoms with Gasteiger partial charge in [-0.05, 0) is 50.6 Å². The Morgan fingerprint density at radius 2 is 1.89 bits per heavy atom. The molecule has 1 aliphatic rings. The number of amides is 1. The van der Waals surface area contributed by atoms with Crippen LogP contribution >= 0.6 is 11.6 Å². The summed E-state index contributed by atoms with van der Waals surface area (Å²) >= 11 is 6.08. The van der Waals surface area contributed by atoms with Crippen LogP contribution < -0.4 is 20.5 Å². The van der Waals surface area contributed by atoms with E-state index in [1.807, 2.05) is 6.07 Å². The van der Waals surface area contributed by atoms with Crippen LogP contribution in [-0.4, -0.2) is 31.7 Å². The van der Waals surface area contributed by atoms with E-state index in [0.717, 1.165) is 0 Å². The van der Waals surface area contributed by atoms with Gasteiger partial charge in [0.2, 0.25) is 5.88 Å². The van der Waals surface area contributed by atoms with Crippen molar-refractivity contribution in [1.29, 1.82) is 5.26 Å². The van der Waals surface area contributed by atoms with Crippen molar-refractivity contribution in [2.24, 2.45) is 5.73 Å². The molecule has 3 N–H and O–H groups in total. The molecule has 9 nitrogen and oxygen atoms in total. The number of para-hydroxylation sites is 1. The normalized spacial score (nSPS) is 15.0. The van der Waals surface area contributed by atoms with Crippen molar-refractivity contribution < 1.29 is 28.5 Å². The molecular formula is C26H26ClN3O6. The fraction of sp³-hybridized carbons (Fsp3) is 0.269. The summed E-state index contributed by atoms with van der Waals surface area (Å²) in [4.78, 5) is 25.1. The van der Waals surface area contributed by atoms with Gasteiger partial charge in [-0.3, -0.25) is 4.79 Å². The molecule has 1 unspecified atom stereocenters. The first-order valence-electron chi connectivity index (χ1n) is 11.2. The lowest BCUT2D eigenvalue weighted by molar-refractivity contribution is -0.139. The van der Waals surface area contributed by atoms with Gasteiger partial charge >= 0.3 is 5.97 Å². The summed E-state index contributed by atoms with van der Waals surface area (Å²) < 4.78 is 22.1. The minimum absolute atomic E-state index is 0.0684. The summed E-state index contributed by atoms with van der Waals surface area (Å²) in [5.41, 5.74) is 7.20. The molecule has 188 valence electrons. The van der Waals surface area contributed by atoms with Crippen LogP contribution in [0.3, 0.4) is 0 Å². The number of nitrogens with two attached hydrogens (primary N) is 1. The third kappa shape index (κ3) is 5.90. The highest BCUT2D eigenvalue weighted by Crippen LogP contribution is 2.42. The minimum atomic E-state index is -0.834. The number of rotatable bonds is 9. The van der Waals surface area contributed by atoms with E-state index in [9.17, 15) is 14.9 Å². The zero-order valence-electron chi connectivity index (χ0n) is 20.1. The van der Waals surface area contributed by atoms with E-state index < -0.39 is 17.8 Å². The molecule has 10 heteroatoms. The molecule has 0 fully saturated rings. The maximum absolute atomic E-state index is 12.7. The highest BCUT2D eigenvalue weighted by atomic mass is 35.5. The number of carbonyl (C=O) groups excluding carboxylic acids is 2. The van der Waals surface area contributed by atoms with E-state index in [4.69, 9.17) is 36.3 Å². The van der Waals surface area contributed by atoms with Gasteiger partial charge in [-0.1, -0.05) is 29.8 Å². The number of nitrogens with one attached hydrogen (secondary N) is 1. The Morgan fingerprint density at radius 1 is 1.14 bits per heavy atom. The summed E-state index contributed by atoms with van der Waals surface area (Å²) in [6.45, 7) is 5.22. The molecule has 1 aliphatic heterocycles. The van der Waals surface area contributed by atoms with Crippen LogP contribution in [0, 0.1) is 11.3 Å². The Labute approximate surface area is 214 Å². The van der Waals surface area contributed by atoms with Crippen molar-refractivity contribution in [2.45, 2.75) is 26.7 Å². The molecule has 0 saturated heterocycles. The summed E-state index contributed by atoms with van der Waals surface area (Å²) in [6, 6.07) is 13.8. The average molecular weight is 512 g/mol. The molecule has 3 rings (SSSR count). The molecule has 2 aromatic carbocycles. The highest BCUT2D eigenvalue weighted by Gasteiger charge is 2.36. The number of allylic oxidation sites excluding steroid dienone is 2. The number of anilines is 1. The number of hydrogen-bond acceptors (Lipinski definition) is 8. The topological polar surface area (TPSA) is 133 Å². The quantitative estimate of drug-likeness (QED) is 0.473. The largest absolute Gasteiger partial charge is 0.490 e. The molecule has 0 aromatic heterocycles. The molecule has 0 aliphatic carbocycles. The molecule has 36 heavy (non-hydrogen) atoms. The first-order valence-corrected chi connectivity index (χ1v) is 11.6. The van der Waals surface area contributed by atoms with Gasteiger partial charge in [-0.2, -0.15) is 5.26 Å². The maximum Gasteiger partial charge on any atom is 0.338 e. The van der Waals surface area contributed by atoms with Gasteiger partial charge in [-0.15, -0.1) is 0 Å². The van der Waals surface area contributed by atoms with E-state index >= 15 is 0 Å². The number of benzene rings is 2. The van der Waals surface area contributed by atoms with Gasteiger partial charge in [0, 0.05) is 0 Å². The molecule has 0 radical (unpaired) electrons. The molecule has 2 aromatic rings. The second-order valence-corrected chi connectivity index (χ2v) is 7.98. The number of nitriles is 1.